The van der Waals surface area contributed by atoms with Crippen molar-refractivity contribution in [1.82, 2.24) is 4.90 Å². The molecule has 1 saturated heterocycles. The second-order valence-electron chi connectivity index (χ2n) is 5.83. The first-order chi connectivity index (χ1) is 13.3. The van der Waals surface area contributed by atoms with Gasteiger partial charge in [0.2, 0.25) is 0 Å². The maximum absolute atomic E-state index is 13.9. The Hall–Kier alpha value is -2.70. The number of hydrogen-bond acceptors (Lipinski definition) is 3. The first-order valence-corrected chi connectivity index (χ1v) is 7.19. The fourth-order valence-corrected chi connectivity index (χ4v) is 2.30. The van der Waals surface area contributed by atoms with Crippen LogP contribution in [-0.4, -0.2) is 46.7 Å². The summed E-state index contributed by atoms with van der Waals surface area (Å²) in [4.78, 5) is 7.78. The van der Waals surface area contributed by atoms with E-state index in [1.165, 1.54) is 6.07 Å². The van der Waals surface area contributed by atoms with Gasteiger partial charge in [0.1, 0.15) is 0 Å². The summed E-state index contributed by atoms with van der Waals surface area (Å²) in [5.74, 6) is -24.3. The SMILES string of the molecule is N#Cc1ccc(NC(=O)C(F)(F)C(F)(F)N2C(F)(F)C(F)(F)C(F)(F)C2(F)F)cc1. The van der Waals surface area contributed by atoms with E-state index in [9.17, 15) is 57.5 Å². The van der Waals surface area contributed by atoms with Crippen LogP contribution in [0.25, 0.3) is 0 Å². The molecular weight excluding hydrogens is 454 g/mol. The molecule has 1 fully saturated rings. The van der Waals surface area contributed by atoms with Crippen LogP contribution in [0.15, 0.2) is 24.3 Å². The molecule has 1 aliphatic rings. The summed E-state index contributed by atoms with van der Waals surface area (Å²) >= 11 is 0. The Bertz CT molecular complexity index is 864. The molecule has 166 valence electrons. The van der Waals surface area contributed by atoms with E-state index in [1.54, 1.807) is 0 Å². The predicted octanol–water partition coefficient (Wildman–Crippen LogP) is 4.50. The summed E-state index contributed by atoms with van der Waals surface area (Å²) in [6.45, 7) is 0. The van der Waals surface area contributed by atoms with Crippen molar-refractivity contribution in [3.8, 4) is 6.07 Å². The first-order valence-electron chi connectivity index (χ1n) is 7.19. The van der Waals surface area contributed by atoms with Crippen molar-refractivity contribution in [2.24, 2.45) is 0 Å². The third-order valence-corrected chi connectivity index (χ3v) is 3.93. The molecule has 2 rings (SSSR count). The molecule has 30 heavy (non-hydrogen) atoms. The van der Waals surface area contributed by atoms with Gasteiger partial charge in [-0.3, -0.25) is 4.79 Å². The van der Waals surface area contributed by atoms with Crippen molar-refractivity contribution >= 4 is 11.6 Å². The van der Waals surface area contributed by atoms with E-state index in [0.717, 1.165) is 17.4 Å². The fraction of sp³-hybridized carbons (Fsp3) is 0.429. The van der Waals surface area contributed by atoms with Crippen molar-refractivity contribution in [2.75, 3.05) is 5.32 Å². The quantitative estimate of drug-likeness (QED) is 0.533. The highest BCUT2D eigenvalue weighted by atomic mass is 19.4. The number of nitriles is 1. The van der Waals surface area contributed by atoms with Crippen LogP contribution in [0.5, 0.6) is 0 Å². The third kappa shape index (κ3) is 2.78. The zero-order valence-corrected chi connectivity index (χ0v) is 13.6. The number of carbonyl (C=O) groups is 1. The van der Waals surface area contributed by atoms with Gasteiger partial charge in [0.15, 0.2) is 0 Å². The van der Waals surface area contributed by atoms with E-state index in [0.29, 0.717) is 12.1 Å². The number of anilines is 1. The molecule has 1 aromatic rings. The van der Waals surface area contributed by atoms with E-state index in [-0.39, 0.29) is 5.56 Å². The van der Waals surface area contributed by atoms with Crippen LogP contribution < -0.4 is 5.32 Å². The minimum atomic E-state index is -7.22. The van der Waals surface area contributed by atoms with Gasteiger partial charge in [-0.2, -0.15) is 57.9 Å². The predicted molar refractivity (Wildman–Crippen MR) is 71.3 cm³/mol. The highest BCUT2D eigenvalue weighted by Crippen LogP contribution is 2.66. The summed E-state index contributed by atoms with van der Waals surface area (Å²) in [7, 11) is 0. The van der Waals surface area contributed by atoms with E-state index in [4.69, 9.17) is 5.26 Å². The maximum atomic E-state index is 13.9. The Morgan fingerprint density at radius 2 is 1.27 bits per heavy atom. The van der Waals surface area contributed by atoms with Gasteiger partial charge in [-0.15, -0.1) is 4.90 Å². The molecule has 0 bridgehead atoms. The lowest BCUT2D eigenvalue weighted by Crippen LogP contribution is -2.67. The van der Waals surface area contributed by atoms with Crippen molar-refractivity contribution in [3.05, 3.63) is 29.8 Å². The van der Waals surface area contributed by atoms with Crippen LogP contribution in [0.1, 0.15) is 5.56 Å². The van der Waals surface area contributed by atoms with Gasteiger partial charge in [0.25, 0.3) is 0 Å². The number of likely N-dealkylation sites (tertiary alicyclic amines) is 1. The van der Waals surface area contributed by atoms with E-state index < -0.39 is 52.4 Å². The number of rotatable bonds is 4. The molecule has 0 radical (unpaired) electrons. The van der Waals surface area contributed by atoms with Crippen molar-refractivity contribution in [2.45, 2.75) is 35.9 Å². The van der Waals surface area contributed by atoms with Crippen LogP contribution in [0.3, 0.4) is 0 Å². The summed E-state index contributed by atoms with van der Waals surface area (Å²) in [6, 6.07) is -17.0. The highest BCUT2D eigenvalue weighted by molar-refractivity contribution is 5.96. The van der Waals surface area contributed by atoms with E-state index in [2.05, 4.69) is 0 Å². The average molecular weight is 459 g/mol. The molecule has 1 aromatic carbocycles. The van der Waals surface area contributed by atoms with Crippen LogP contribution >= 0.6 is 0 Å². The van der Waals surface area contributed by atoms with Crippen LogP contribution in [0.4, 0.5) is 58.4 Å². The number of hydrogen-bond donors (Lipinski definition) is 1. The number of amides is 1. The molecule has 0 saturated carbocycles. The zero-order chi connectivity index (χ0) is 23.6. The van der Waals surface area contributed by atoms with E-state index in [1.807, 2.05) is 0 Å². The second-order valence-corrected chi connectivity index (χ2v) is 5.83. The Kier molecular flexibility index (Phi) is 5.03. The Morgan fingerprint density at radius 3 is 1.63 bits per heavy atom. The summed E-state index contributed by atoms with van der Waals surface area (Å²) < 4.78 is 161. The van der Waals surface area contributed by atoms with Crippen LogP contribution in [-0.2, 0) is 4.79 Å². The Balaban J connectivity index is 2.49. The lowest BCUT2D eigenvalue weighted by atomic mass is 10.2. The summed E-state index contributed by atoms with van der Waals surface area (Å²) in [6.07, 6.45) is 0. The van der Waals surface area contributed by atoms with Gasteiger partial charge < -0.3 is 5.32 Å². The van der Waals surface area contributed by atoms with Gasteiger partial charge in [0.05, 0.1) is 11.6 Å². The molecule has 1 heterocycles. The van der Waals surface area contributed by atoms with Crippen LogP contribution in [0.2, 0.25) is 0 Å². The average Bonchev–Trinajstić information content (AvgIpc) is 2.67. The lowest BCUT2D eigenvalue weighted by Gasteiger charge is -2.37. The number of carbonyl (C=O) groups excluding carboxylic acids is 1. The molecular formula is C14H5F12N3O. The standard InChI is InChI=1S/C14H5F12N3O/c15-9(16,8(30)28-7-3-1-6(5-27)2-4-7)12(21,22)29-13(23,24)10(17,18)11(19,20)14(29,25)26/h1-4H,(H,28,30). The van der Waals surface area contributed by atoms with Gasteiger partial charge in [-0.25, -0.2) is 0 Å². The van der Waals surface area contributed by atoms with Crippen molar-refractivity contribution < 1.29 is 57.5 Å². The highest BCUT2D eigenvalue weighted by Gasteiger charge is 2.98. The Morgan fingerprint density at radius 1 is 0.867 bits per heavy atom. The minimum Gasteiger partial charge on any atom is -0.321 e. The van der Waals surface area contributed by atoms with Crippen molar-refractivity contribution in [3.63, 3.8) is 0 Å². The fourth-order valence-electron chi connectivity index (χ4n) is 2.30. The van der Waals surface area contributed by atoms with Gasteiger partial charge in [-0.1, -0.05) is 0 Å². The second kappa shape index (κ2) is 6.40. The number of alkyl halides is 12. The molecule has 16 heteroatoms. The van der Waals surface area contributed by atoms with Crippen LogP contribution in [0, 0.1) is 11.3 Å². The number of benzene rings is 1. The lowest BCUT2D eigenvalue weighted by molar-refractivity contribution is -0.399. The van der Waals surface area contributed by atoms with Gasteiger partial charge in [-0.05, 0) is 24.3 Å². The zero-order valence-electron chi connectivity index (χ0n) is 13.6. The first kappa shape index (κ1) is 23.6. The normalized spacial score (nSPS) is 22.4. The summed E-state index contributed by atoms with van der Waals surface area (Å²) in [5, 5.41) is 9.51. The van der Waals surface area contributed by atoms with Crippen molar-refractivity contribution in [1.29, 1.82) is 5.26 Å². The monoisotopic (exact) mass is 459 g/mol. The maximum Gasteiger partial charge on any atom is 0.401 e. The van der Waals surface area contributed by atoms with Gasteiger partial charge in [0, 0.05) is 5.69 Å². The summed E-state index contributed by atoms with van der Waals surface area (Å²) in [5.41, 5.74) is -0.893. The molecule has 0 aromatic heterocycles. The van der Waals surface area contributed by atoms with Gasteiger partial charge >= 0.3 is 41.8 Å². The molecule has 0 aliphatic carbocycles. The molecule has 0 atom stereocenters. The number of nitrogens with zero attached hydrogens (tertiary/aromatic N) is 2. The molecule has 0 unspecified atom stereocenters. The number of nitrogens with one attached hydrogen (secondary N) is 1. The Labute approximate surface area is 157 Å². The topological polar surface area (TPSA) is 56.1 Å². The largest absolute Gasteiger partial charge is 0.401 e. The molecule has 1 N–H and O–H groups in total. The molecule has 1 aliphatic heterocycles. The third-order valence-electron chi connectivity index (χ3n) is 3.93. The smallest absolute Gasteiger partial charge is 0.321 e. The van der Waals surface area contributed by atoms with E-state index >= 15 is 0 Å². The molecule has 1 amide bonds. The molecule has 0 spiro atoms. The molecule has 4 nitrogen and oxygen atoms in total. The minimum absolute atomic E-state index is 0.120. The number of halogens is 12.